The average molecular weight is 272 g/mol. The average Bonchev–Trinajstić information content (AvgIpc) is 2.38. The highest BCUT2D eigenvalue weighted by molar-refractivity contribution is 7.89. The molecule has 0 spiro atoms. The molecule has 100 valence electrons. The van der Waals surface area contributed by atoms with Gasteiger partial charge in [0.05, 0.1) is 18.6 Å². The zero-order valence-corrected chi connectivity index (χ0v) is 11.3. The van der Waals surface area contributed by atoms with Crippen LogP contribution in [0.1, 0.15) is 0 Å². The van der Waals surface area contributed by atoms with Gasteiger partial charge in [-0.25, -0.2) is 13.5 Å². The van der Waals surface area contributed by atoms with Crippen LogP contribution in [0.15, 0.2) is 35.2 Å². The fourth-order valence-corrected chi connectivity index (χ4v) is 2.39. The lowest BCUT2D eigenvalue weighted by Gasteiger charge is -2.20. The number of rotatable bonds is 5. The molecule has 0 bridgehead atoms. The molecule has 0 fully saturated rings. The third-order valence-corrected chi connectivity index (χ3v) is 4.25. The first-order valence-corrected chi connectivity index (χ1v) is 6.65. The molecular weight excluding hydrogens is 256 g/mol. The van der Waals surface area contributed by atoms with E-state index in [9.17, 15) is 13.2 Å². The molecule has 18 heavy (non-hydrogen) atoms. The summed E-state index contributed by atoms with van der Waals surface area (Å²) in [5.74, 6) is -0.445. The van der Waals surface area contributed by atoms with Gasteiger partial charge in [-0.05, 0) is 12.1 Å². The Balaban J connectivity index is 2.84. The second kappa shape index (κ2) is 5.94. The van der Waals surface area contributed by atoms with Crippen molar-refractivity contribution in [3.05, 3.63) is 30.3 Å². The number of hydrogen-bond donors (Lipinski definition) is 0. The number of carbonyl (C=O) groups excluding carboxylic acids is 1. The van der Waals surface area contributed by atoms with Crippen LogP contribution in [0.5, 0.6) is 0 Å². The molecule has 0 aromatic heterocycles. The van der Waals surface area contributed by atoms with Crippen molar-refractivity contribution in [3.8, 4) is 0 Å². The van der Waals surface area contributed by atoms with Crippen LogP contribution in [0.4, 0.5) is 0 Å². The first kappa shape index (κ1) is 14.6. The van der Waals surface area contributed by atoms with Gasteiger partial charge in [-0.15, -0.1) is 0 Å². The van der Waals surface area contributed by atoms with E-state index in [2.05, 4.69) is 0 Å². The fraction of sp³-hybridized carbons (Fsp3) is 0.364. The van der Waals surface area contributed by atoms with Crippen molar-refractivity contribution >= 4 is 15.9 Å². The van der Waals surface area contributed by atoms with Crippen LogP contribution in [0.2, 0.25) is 0 Å². The van der Waals surface area contributed by atoms with Gasteiger partial charge >= 0.3 is 0 Å². The predicted octanol–water partition coefficient (Wildman–Crippen LogP) is 0.327. The fourth-order valence-electron chi connectivity index (χ4n) is 1.25. The van der Waals surface area contributed by atoms with Gasteiger partial charge in [-0.1, -0.05) is 18.2 Å². The van der Waals surface area contributed by atoms with Gasteiger partial charge in [0.1, 0.15) is 0 Å². The summed E-state index contributed by atoms with van der Waals surface area (Å²) in [6.45, 7) is -0.276. The molecule has 1 amide bonds. The summed E-state index contributed by atoms with van der Waals surface area (Å²) >= 11 is 0. The lowest BCUT2D eigenvalue weighted by molar-refractivity contribution is -0.168. The summed E-state index contributed by atoms with van der Waals surface area (Å²) in [6, 6.07) is 7.95. The zero-order chi connectivity index (χ0) is 13.8. The molecule has 0 saturated heterocycles. The molecule has 0 unspecified atom stereocenters. The Morgan fingerprint density at radius 2 is 1.78 bits per heavy atom. The van der Waals surface area contributed by atoms with Gasteiger partial charge in [-0.2, -0.15) is 4.31 Å². The van der Waals surface area contributed by atoms with E-state index < -0.39 is 15.9 Å². The first-order valence-electron chi connectivity index (χ1n) is 5.21. The molecule has 1 aromatic carbocycles. The first-order chi connectivity index (χ1) is 8.39. The maximum absolute atomic E-state index is 12.1. The van der Waals surface area contributed by atoms with E-state index in [1.807, 2.05) is 0 Å². The highest BCUT2D eigenvalue weighted by Gasteiger charge is 2.23. The molecule has 1 aromatic rings. The molecule has 0 aliphatic rings. The molecular formula is C11H16N2O4S. The number of carbonyl (C=O) groups is 1. The van der Waals surface area contributed by atoms with E-state index >= 15 is 0 Å². The quantitative estimate of drug-likeness (QED) is 0.724. The molecule has 0 heterocycles. The van der Waals surface area contributed by atoms with Crippen molar-refractivity contribution in [1.29, 1.82) is 0 Å². The maximum atomic E-state index is 12.1. The van der Waals surface area contributed by atoms with Crippen LogP contribution in [-0.4, -0.2) is 51.4 Å². The smallest absolute Gasteiger partial charge is 0.261 e. The van der Waals surface area contributed by atoms with Crippen molar-refractivity contribution in [2.24, 2.45) is 0 Å². The highest BCUT2D eigenvalue weighted by atomic mass is 32.2. The molecule has 1 rings (SSSR count). The summed E-state index contributed by atoms with van der Waals surface area (Å²) in [6.07, 6.45) is 0. The van der Waals surface area contributed by atoms with E-state index in [4.69, 9.17) is 4.84 Å². The molecule has 0 N–H and O–H groups in total. The van der Waals surface area contributed by atoms with Crippen LogP contribution in [0, 0.1) is 0 Å². The van der Waals surface area contributed by atoms with Crippen LogP contribution in [-0.2, 0) is 19.7 Å². The van der Waals surface area contributed by atoms with Crippen molar-refractivity contribution in [2.75, 3.05) is 27.7 Å². The molecule has 0 radical (unpaired) electrons. The monoisotopic (exact) mass is 272 g/mol. The Labute approximate surface area is 107 Å². The Bertz CT molecular complexity index is 501. The third-order valence-electron chi connectivity index (χ3n) is 2.43. The normalized spacial score (nSPS) is 11.6. The van der Waals surface area contributed by atoms with Gasteiger partial charge in [-0.3, -0.25) is 9.63 Å². The predicted molar refractivity (Wildman–Crippen MR) is 66.0 cm³/mol. The topological polar surface area (TPSA) is 66.9 Å². The minimum atomic E-state index is -3.65. The second-order valence-corrected chi connectivity index (χ2v) is 5.69. The molecule has 0 atom stereocenters. The Hall–Kier alpha value is -1.44. The van der Waals surface area contributed by atoms with Crippen LogP contribution >= 0.6 is 0 Å². The minimum Gasteiger partial charge on any atom is -0.275 e. The van der Waals surface area contributed by atoms with E-state index in [0.29, 0.717) is 0 Å². The summed E-state index contributed by atoms with van der Waals surface area (Å²) in [4.78, 5) is 16.4. The SMILES string of the molecule is CON(C)C(=O)CN(C)S(=O)(=O)c1ccccc1. The maximum Gasteiger partial charge on any atom is 0.261 e. The highest BCUT2D eigenvalue weighted by Crippen LogP contribution is 2.13. The lowest BCUT2D eigenvalue weighted by Crippen LogP contribution is -2.38. The largest absolute Gasteiger partial charge is 0.275 e. The lowest BCUT2D eigenvalue weighted by atomic mass is 10.4. The third kappa shape index (κ3) is 3.28. The number of sulfonamides is 1. The summed E-state index contributed by atoms with van der Waals surface area (Å²) in [7, 11) is 0.464. The Morgan fingerprint density at radius 1 is 1.22 bits per heavy atom. The number of amides is 1. The van der Waals surface area contributed by atoms with E-state index in [0.717, 1.165) is 9.37 Å². The van der Waals surface area contributed by atoms with Crippen molar-refractivity contribution in [1.82, 2.24) is 9.37 Å². The summed E-state index contributed by atoms with van der Waals surface area (Å²) in [5.41, 5.74) is 0. The van der Waals surface area contributed by atoms with Crippen LogP contribution < -0.4 is 0 Å². The molecule has 7 heteroatoms. The number of hydrogen-bond acceptors (Lipinski definition) is 4. The van der Waals surface area contributed by atoms with Gasteiger partial charge < -0.3 is 0 Å². The Morgan fingerprint density at radius 3 is 2.28 bits per heavy atom. The molecule has 0 aliphatic carbocycles. The number of likely N-dealkylation sites (N-methyl/N-ethyl adjacent to an activating group) is 2. The van der Waals surface area contributed by atoms with E-state index in [1.54, 1.807) is 18.2 Å². The standard InChI is InChI=1S/C11H16N2O4S/c1-12(9-11(14)13(2)17-3)18(15,16)10-7-5-4-6-8-10/h4-8H,9H2,1-3H3. The minimum absolute atomic E-state index is 0.153. The number of benzene rings is 1. The summed E-state index contributed by atoms with van der Waals surface area (Å²) < 4.78 is 25.2. The van der Waals surface area contributed by atoms with Crippen molar-refractivity contribution in [3.63, 3.8) is 0 Å². The van der Waals surface area contributed by atoms with Crippen molar-refractivity contribution < 1.29 is 18.0 Å². The zero-order valence-electron chi connectivity index (χ0n) is 10.5. The van der Waals surface area contributed by atoms with Gasteiger partial charge in [0, 0.05) is 14.1 Å². The number of hydroxylamine groups is 2. The van der Waals surface area contributed by atoms with Gasteiger partial charge in [0.15, 0.2) is 0 Å². The van der Waals surface area contributed by atoms with Gasteiger partial charge in [0.25, 0.3) is 5.91 Å². The van der Waals surface area contributed by atoms with Crippen LogP contribution in [0.3, 0.4) is 0 Å². The van der Waals surface area contributed by atoms with Crippen molar-refractivity contribution in [2.45, 2.75) is 4.90 Å². The van der Waals surface area contributed by atoms with E-state index in [-0.39, 0.29) is 11.4 Å². The summed E-state index contributed by atoms with van der Waals surface area (Å²) in [5, 5.41) is 0.983. The van der Waals surface area contributed by atoms with Gasteiger partial charge in [0.2, 0.25) is 10.0 Å². The number of nitrogens with zero attached hydrogens (tertiary/aromatic N) is 2. The van der Waals surface area contributed by atoms with Crippen LogP contribution in [0.25, 0.3) is 0 Å². The molecule has 6 nitrogen and oxygen atoms in total. The Kier molecular flexibility index (Phi) is 4.83. The molecule has 0 saturated carbocycles. The molecule has 0 aliphatic heterocycles. The van der Waals surface area contributed by atoms with E-state index in [1.165, 1.54) is 33.3 Å². The second-order valence-electron chi connectivity index (χ2n) is 3.65.